The van der Waals surface area contributed by atoms with Crippen molar-refractivity contribution in [2.75, 3.05) is 11.9 Å². The fraction of sp³-hybridized carbons (Fsp3) is 0.286. The van der Waals surface area contributed by atoms with Crippen LogP contribution in [0.15, 0.2) is 18.2 Å². The van der Waals surface area contributed by atoms with Gasteiger partial charge in [0.2, 0.25) is 0 Å². The Kier molecular flexibility index (Phi) is 3.81. The summed E-state index contributed by atoms with van der Waals surface area (Å²) in [6.45, 7) is 2.81. The van der Waals surface area contributed by atoms with Crippen LogP contribution in [-0.2, 0) is 11.5 Å². The van der Waals surface area contributed by atoms with Crippen LogP contribution in [0.3, 0.4) is 0 Å². The predicted octanol–water partition coefficient (Wildman–Crippen LogP) is 4.11. The first-order valence-corrected chi connectivity index (χ1v) is 7.88. The van der Waals surface area contributed by atoms with Crippen LogP contribution >= 0.6 is 23.4 Å². The fourth-order valence-corrected chi connectivity index (χ4v) is 3.44. The molecular formula is C14H13ClFN3S. The third-order valence-corrected chi connectivity index (χ3v) is 4.23. The van der Waals surface area contributed by atoms with E-state index in [1.807, 2.05) is 18.7 Å². The van der Waals surface area contributed by atoms with Gasteiger partial charge in [0.25, 0.3) is 0 Å². The minimum Gasteiger partial charge on any atom is -0.370 e. The predicted molar refractivity (Wildman–Crippen MR) is 81.6 cm³/mol. The highest BCUT2D eigenvalue weighted by atomic mass is 35.5. The van der Waals surface area contributed by atoms with Crippen LogP contribution in [0.5, 0.6) is 0 Å². The minimum absolute atomic E-state index is 0.350. The molecule has 2 aromatic rings. The van der Waals surface area contributed by atoms with Gasteiger partial charge in [-0.2, -0.15) is 11.8 Å². The first-order valence-electron chi connectivity index (χ1n) is 6.35. The molecule has 2 heterocycles. The van der Waals surface area contributed by atoms with Crippen molar-refractivity contribution in [1.82, 2.24) is 9.97 Å². The molecule has 3 nitrogen and oxygen atoms in total. The molecule has 0 unspecified atom stereocenters. The van der Waals surface area contributed by atoms with Crippen molar-refractivity contribution in [3.05, 3.63) is 40.3 Å². The summed E-state index contributed by atoms with van der Waals surface area (Å²) in [4.78, 5) is 9.08. The van der Waals surface area contributed by atoms with E-state index >= 15 is 0 Å². The number of benzene rings is 1. The fourth-order valence-electron chi connectivity index (χ4n) is 2.18. The van der Waals surface area contributed by atoms with Gasteiger partial charge in [-0.3, -0.25) is 0 Å². The van der Waals surface area contributed by atoms with E-state index in [2.05, 4.69) is 15.3 Å². The maximum absolute atomic E-state index is 13.5. The first-order chi connectivity index (χ1) is 9.67. The van der Waals surface area contributed by atoms with Crippen molar-refractivity contribution in [1.29, 1.82) is 0 Å². The molecule has 1 N–H and O–H groups in total. The molecule has 104 valence electrons. The highest BCUT2D eigenvalue weighted by Gasteiger charge is 2.20. The first kappa shape index (κ1) is 13.6. The van der Waals surface area contributed by atoms with Crippen molar-refractivity contribution in [3.63, 3.8) is 0 Å². The smallest absolute Gasteiger partial charge is 0.161 e. The molecule has 20 heavy (non-hydrogen) atoms. The van der Waals surface area contributed by atoms with Crippen LogP contribution in [0.1, 0.15) is 18.2 Å². The van der Waals surface area contributed by atoms with Gasteiger partial charge in [0, 0.05) is 34.2 Å². The average molecular weight is 310 g/mol. The van der Waals surface area contributed by atoms with Gasteiger partial charge in [0.1, 0.15) is 11.6 Å². The maximum atomic E-state index is 13.5. The average Bonchev–Trinajstić information content (AvgIpc) is 2.86. The lowest BCUT2D eigenvalue weighted by Crippen LogP contribution is -2.06. The van der Waals surface area contributed by atoms with E-state index in [-0.39, 0.29) is 5.82 Å². The number of fused-ring (bicyclic) bond motifs is 1. The lowest BCUT2D eigenvalue weighted by molar-refractivity contribution is 0.628. The molecule has 0 radical (unpaired) electrons. The summed E-state index contributed by atoms with van der Waals surface area (Å²) in [5, 5.41) is 3.61. The molecule has 0 saturated carbocycles. The second-order valence-corrected chi connectivity index (χ2v) is 5.92. The summed E-state index contributed by atoms with van der Waals surface area (Å²) in [6, 6.07) is 4.37. The van der Waals surface area contributed by atoms with Gasteiger partial charge in [-0.25, -0.2) is 14.4 Å². The molecule has 1 aromatic carbocycles. The zero-order valence-corrected chi connectivity index (χ0v) is 12.5. The number of rotatable bonds is 3. The van der Waals surface area contributed by atoms with E-state index in [1.54, 1.807) is 6.07 Å². The lowest BCUT2D eigenvalue weighted by Gasteiger charge is -2.10. The number of nitrogens with one attached hydrogen (secondary N) is 1. The Morgan fingerprint density at radius 1 is 1.30 bits per heavy atom. The molecular weight excluding hydrogens is 297 g/mol. The topological polar surface area (TPSA) is 37.8 Å². The Morgan fingerprint density at radius 3 is 2.90 bits per heavy atom. The van der Waals surface area contributed by atoms with Crippen molar-refractivity contribution in [3.8, 4) is 11.4 Å². The normalized spacial score (nSPS) is 13.3. The molecule has 1 aliphatic heterocycles. The maximum Gasteiger partial charge on any atom is 0.161 e. The summed E-state index contributed by atoms with van der Waals surface area (Å²) in [6.07, 6.45) is 0. The SMILES string of the molecule is CCNc1nc(-c2cc(F)cc(Cl)c2)nc2c1CSC2. The molecule has 0 fully saturated rings. The quantitative estimate of drug-likeness (QED) is 0.925. The van der Waals surface area contributed by atoms with E-state index < -0.39 is 0 Å². The highest BCUT2D eigenvalue weighted by Crippen LogP contribution is 2.34. The van der Waals surface area contributed by atoms with Crippen LogP contribution in [0.2, 0.25) is 5.02 Å². The number of hydrogen-bond acceptors (Lipinski definition) is 4. The Hall–Kier alpha value is -1.33. The van der Waals surface area contributed by atoms with Crippen molar-refractivity contribution >= 4 is 29.2 Å². The number of nitrogens with zero attached hydrogens (tertiary/aromatic N) is 2. The van der Waals surface area contributed by atoms with Gasteiger partial charge in [-0.05, 0) is 25.1 Å². The summed E-state index contributed by atoms with van der Waals surface area (Å²) in [5.74, 6) is 2.77. The second-order valence-electron chi connectivity index (χ2n) is 4.50. The summed E-state index contributed by atoms with van der Waals surface area (Å²) < 4.78 is 13.5. The van der Waals surface area contributed by atoms with E-state index in [0.29, 0.717) is 16.4 Å². The summed E-state index contributed by atoms with van der Waals surface area (Å²) in [7, 11) is 0. The standard InChI is InChI=1S/C14H13ClFN3S/c1-2-17-14-11-6-20-7-12(11)18-13(19-14)8-3-9(15)5-10(16)4-8/h3-5H,2,6-7H2,1H3,(H,17,18,19). The second kappa shape index (κ2) is 5.58. The molecule has 0 atom stereocenters. The van der Waals surface area contributed by atoms with Crippen molar-refractivity contribution < 1.29 is 4.39 Å². The number of hydrogen-bond donors (Lipinski definition) is 1. The van der Waals surface area contributed by atoms with Crippen LogP contribution in [0.25, 0.3) is 11.4 Å². The zero-order chi connectivity index (χ0) is 14.1. The Labute approximate surface area is 126 Å². The van der Waals surface area contributed by atoms with E-state index in [4.69, 9.17) is 11.6 Å². The van der Waals surface area contributed by atoms with Gasteiger partial charge in [0.15, 0.2) is 5.82 Å². The third kappa shape index (κ3) is 2.60. The summed E-state index contributed by atoms with van der Waals surface area (Å²) >= 11 is 7.71. The van der Waals surface area contributed by atoms with Crippen LogP contribution in [0, 0.1) is 5.82 Å². The third-order valence-electron chi connectivity index (χ3n) is 3.04. The summed E-state index contributed by atoms with van der Waals surface area (Å²) in [5.41, 5.74) is 2.79. The van der Waals surface area contributed by atoms with Gasteiger partial charge in [-0.1, -0.05) is 11.6 Å². The Balaban J connectivity index is 2.12. The van der Waals surface area contributed by atoms with Crippen molar-refractivity contribution in [2.24, 2.45) is 0 Å². The van der Waals surface area contributed by atoms with Gasteiger partial charge in [0.05, 0.1) is 5.69 Å². The molecule has 0 bridgehead atoms. The van der Waals surface area contributed by atoms with Crippen LogP contribution < -0.4 is 5.32 Å². The molecule has 0 aliphatic carbocycles. The Morgan fingerprint density at radius 2 is 2.15 bits per heavy atom. The van der Waals surface area contributed by atoms with Crippen molar-refractivity contribution in [2.45, 2.75) is 18.4 Å². The van der Waals surface area contributed by atoms with E-state index in [1.165, 1.54) is 12.1 Å². The van der Waals surface area contributed by atoms with Crippen LogP contribution in [-0.4, -0.2) is 16.5 Å². The van der Waals surface area contributed by atoms with E-state index in [0.717, 1.165) is 35.1 Å². The zero-order valence-electron chi connectivity index (χ0n) is 10.9. The number of anilines is 1. The molecule has 1 aliphatic rings. The molecule has 1 aromatic heterocycles. The largest absolute Gasteiger partial charge is 0.370 e. The van der Waals surface area contributed by atoms with E-state index in [9.17, 15) is 4.39 Å². The highest BCUT2D eigenvalue weighted by molar-refractivity contribution is 7.98. The Bertz CT molecular complexity index is 643. The van der Waals surface area contributed by atoms with Gasteiger partial charge < -0.3 is 5.32 Å². The lowest BCUT2D eigenvalue weighted by atomic mass is 10.2. The monoisotopic (exact) mass is 309 g/mol. The van der Waals surface area contributed by atoms with Gasteiger partial charge >= 0.3 is 0 Å². The van der Waals surface area contributed by atoms with Gasteiger partial charge in [-0.15, -0.1) is 0 Å². The number of halogens is 2. The molecule has 6 heteroatoms. The van der Waals surface area contributed by atoms with Crippen LogP contribution in [0.4, 0.5) is 10.2 Å². The number of aromatic nitrogens is 2. The molecule has 3 rings (SSSR count). The molecule has 0 spiro atoms. The molecule has 0 amide bonds. The minimum atomic E-state index is -0.379. The number of thioether (sulfide) groups is 1. The molecule has 0 saturated heterocycles.